The number of amides is 1. The number of carbonyl (C=O) groups excluding carboxylic acids is 1. The monoisotopic (exact) mass is 381 g/mol. The molecule has 1 saturated heterocycles. The van der Waals surface area contributed by atoms with E-state index in [0.29, 0.717) is 6.54 Å². The molecule has 2 heterocycles. The van der Waals surface area contributed by atoms with Gasteiger partial charge in [-0.05, 0) is 35.9 Å². The summed E-state index contributed by atoms with van der Waals surface area (Å²) in [6.07, 6.45) is 0. The zero-order valence-electron chi connectivity index (χ0n) is 16.6. The molecule has 2 aromatic rings. The first-order valence-corrected chi connectivity index (χ1v) is 9.76. The molecule has 148 valence electrons. The number of benzene rings is 2. The second kappa shape index (κ2) is 8.10. The van der Waals surface area contributed by atoms with E-state index in [1.807, 2.05) is 35.2 Å². The summed E-state index contributed by atoms with van der Waals surface area (Å²) >= 11 is 0. The molecular weight excluding hydrogens is 354 g/mol. The Morgan fingerprint density at radius 2 is 1.71 bits per heavy atom. The molecule has 0 spiro atoms. The molecule has 0 N–H and O–H groups in total. The number of piperazine rings is 1. The van der Waals surface area contributed by atoms with Crippen LogP contribution in [0, 0.1) is 0 Å². The lowest BCUT2D eigenvalue weighted by Gasteiger charge is -2.37. The highest BCUT2D eigenvalue weighted by Gasteiger charge is 2.28. The zero-order valence-corrected chi connectivity index (χ0v) is 16.6. The van der Waals surface area contributed by atoms with Crippen molar-refractivity contribution in [1.29, 1.82) is 0 Å². The highest BCUT2D eigenvalue weighted by Crippen LogP contribution is 2.29. The summed E-state index contributed by atoms with van der Waals surface area (Å²) in [7, 11) is 3.37. The topological polar surface area (TPSA) is 45.2 Å². The minimum atomic E-state index is 0.130. The second-order valence-electron chi connectivity index (χ2n) is 7.25. The third-order valence-electron chi connectivity index (χ3n) is 5.68. The Morgan fingerprint density at radius 1 is 0.929 bits per heavy atom. The van der Waals surface area contributed by atoms with Crippen molar-refractivity contribution in [3.8, 4) is 11.5 Å². The number of fused-ring (bicyclic) bond motifs is 1. The van der Waals surface area contributed by atoms with Gasteiger partial charge in [0.25, 0.3) is 5.91 Å². The van der Waals surface area contributed by atoms with Gasteiger partial charge < -0.3 is 19.3 Å². The second-order valence-corrected chi connectivity index (χ2v) is 7.25. The van der Waals surface area contributed by atoms with E-state index in [0.717, 1.165) is 67.6 Å². The van der Waals surface area contributed by atoms with Gasteiger partial charge in [-0.1, -0.05) is 12.1 Å². The highest BCUT2D eigenvalue weighted by molar-refractivity contribution is 5.98. The number of nitrogens with zero attached hydrogens (tertiary/aromatic N) is 3. The number of ether oxygens (including phenoxy) is 2. The predicted molar refractivity (Wildman–Crippen MR) is 109 cm³/mol. The number of methoxy groups -OCH3 is 2. The summed E-state index contributed by atoms with van der Waals surface area (Å²) in [4.78, 5) is 19.4. The molecule has 4 rings (SSSR count). The van der Waals surface area contributed by atoms with Gasteiger partial charge >= 0.3 is 0 Å². The molecule has 0 radical (unpaired) electrons. The van der Waals surface area contributed by atoms with Crippen LogP contribution < -0.4 is 14.4 Å². The van der Waals surface area contributed by atoms with E-state index < -0.39 is 0 Å². The first-order valence-electron chi connectivity index (χ1n) is 9.76. The molecule has 1 amide bonds. The smallest absolute Gasteiger partial charge is 0.254 e. The molecule has 0 atom stereocenters. The van der Waals surface area contributed by atoms with Crippen molar-refractivity contribution in [3.63, 3.8) is 0 Å². The van der Waals surface area contributed by atoms with Gasteiger partial charge in [-0.3, -0.25) is 9.69 Å². The van der Waals surface area contributed by atoms with E-state index in [1.165, 1.54) is 0 Å². The van der Waals surface area contributed by atoms with E-state index in [-0.39, 0.29) is 5.91 Å². The third-order valence-corrected chi connectivity index (χ3v) is 5.68. The van der Waals surface area contributed by atoms with E-state index in [4.69, 9.17) is 9.47 Å². The molecule has 0 unspecified atom stereocenters. The van der Waals surface area contributed by atoms with Crippen molar-refractivity contribution in [3.05, 3.63) is 53.6 Å². The van der Waals surface area contributed by atoms with Gasteiger partial charge in [0, 0.05) is 51.4 Å². The molecule has 0 aliphatic carbocycles. The summed E-state index contributed by atoms with van der Waals surface area (Å²) < 4.78 is 10.8. The molecule has 6 heteroatoms. The Morgan fingerprint density at radius 3 is 2.46 bits per heavy atom. The van der Waals surface area contributed by atoms with Crippen molar-refractivity contribution in [2.24, 2.45) is 0 Å². The maximum absolute atomic E-state index is 12.6. The van der Waals surface area contributed by atoms with Crippen LogP contribution in [0.4, 0.5) is 5.69 Å². The van der Waals surface area contributed by atoms with Crippen LogP contribution in [0.3, 0.4) is 0 Å². The number of rotatable bonds is 6. The van der Waals surface area contributed by atoms with Crippen LogP contribution in [0.25, 0.3) is 0 Å². The van der Waals surface area contributed by atoms with Gasteiger partial charge in [0.05, 0.1) is 19.9 Å². The average Bonchev–Trinajstić information content (AvgIpc) is 3.07. The van der Waals surface area contributed by atoms with E-state index in [9.17, 15) is 4.79 Å². The maximum atomic E-state index is 12.6. The first kappa shape index (κ1) is 18.6. The third kappa shape index (κ3) is 3.64. The van der Waals surface area contributed by atoms with E-state index in [2.05, 4.69) is 21.9 Å². The molecule has 6 nitrogen and oxygen atoms in total. The Balaban J connectivity index is 1.30. The number of anilines is 1. The normalized spacial score (nSPS) is 17.0. The lowest BCUT2D eigenvalue weighted by atomic mass is 10.1. The van der Waals surface area contributed by atoms with Gasteiger partial charge in [0.1, 0.15) is 11.5 Å². The average molecular weight is 381 g/mol. The molecular formula is C22H27N3O3. The van der Waals surface area contributed by atoms with Gasteiger partial charge in [-0.25, -0.2) is 0 Å². The standard InChI is InChI=1S/C22H27N3O3/c1-27-18-7-8-19-17(15-18)16-25(22(19)26)14-11-23-9-12-24(13-10-23)20-5-3-4-6-21(20)28-2/h3-8,15H,9-14,16H2,1-2H3. The minimum absolute atomic E-state index is 0.130. The Hall–Kier alpha value is -2.73. The summed E-state index contributed by atoms with van der Waals surface area (Å²) in [6, 6.07) is 13.9. The molecule has 1 fully saturated rings. The summed E-state index contributed by atoms with van der Waals surface area (Å²) in [5.41, 5.74) is 3.02. The minimum Gasteiger partial charge on any atom is -0.497 e. The Bertz CT molecular complexity index is 847. The first-order chi connectivity index (χ1) is 13.7. The molecule has 0 saturated carbocycles. The maximum Gasteiger partial charge on any atom is 0.254 e. The fraction of sp³-hybridized carbons (Fsp3) is 0.409. The van der Waals surface area contributed by atoms with Crippen molar-refractivity contribution < 1.29 is 14.3 Å². The molecule has 2 aromatic carbocycles. The zero-order chi connectivity index (χ0) is 19.5. The van der Waals surface area contributed by atoms with Gasteiger partial charge in [-0.15, -0.1) is 0 Å². The summed E-state index contributed by atoms with van der Waals surface area (Å²) in [5, 5.41) is 0. The van der Waals surface area contributed by atoms with Crippen molar-refractivity contribution in [1.82, 2.24) is 9.80 Å². The highest BCUT2D eigenvalue weighted by atomic mass is 16.5. The van der Waals surface area contributed by atoms with Crippen LogP contribution in [0.2, 0.25) is 0 Å². The number of para-hydroxylation sites is 2. The SMILES string of the molecule is COc1ccc2c(c1)CN(CCN1CCN(c3ccccc3OC)CC1)C2=O. The Labute approximate surface area is 166 Å². The van der Waals surface area contributed by atoms with Crippen molar-refractivity contribution in [2.45, 2.75) is 6.54 Å². The van der Waals surface area contributed by atoms with Gasteiger partial charge in [0.15, 0.2) is 0 Å². The van der Waals surface area contributed by atoms with Gasteiger partial charge in [-0.2, -0.15) is 0 Å². The fourth-order valence-corrected chi connectivity index (χ4v) is 4.03. The molecule has 0 bridgehead atoms. The summed E-state index contributed by atoms with van der Waals surface area (Å²) in [5.74, 6) is 1.86. The lowest BCUT2D eigenvalue weighted by Crippen LogP contribution is -2.48. The Kier molecular flexibility index (Phi) is 5.39. The van der Waals surface area contributed by atoms with Crippen LogP contribution in [-0.4, -0.2) is 69.2 Å². The van der Waals surface area contributed by atoms with E-state index >= 15 is 0 Å². The molecule has 28 heavy (non-hydrogen) atoms. The fourth-order valence-electron chi connectivity index (χ4n) is 4.03. The van der Waals surface area contributed by atoms with Crippen molar-refractivity contribution in [2.75, 3.05) is 58.4 Å². The van der Waals surface area contributed by atoms with Crippen LogP contribution in [0.5, 0.6) is 11.5 Å². The lowest BCUT2D eigenvalue weighted by molar-refractivity contribution is 0.0756. The van der Waals surface area contributed by atoms with Crippen LogP contribution in [0.15, 0.2) is 42.5 Å². The predicted octanol–water partition coefficient (Wildman–Crippen LogP) is 2.48. The number of hydrogen-bond acceptors (Lipinski definition) is 5. The van der Waals surface area contributed by atoms with Crippen LogP contribution in [-0.2, 0) is 6.54 Å². The largest absolute Gasteiger partial charge is 0.497 e. The molecule has 0 aromatic heterocycles. The van der Waals surface area contributed by atoms with Crippen LogP contribution >= 0.6 is 0 Å². The van der Waals surface area contributed by atoms with Gasteiger partial charge in [0.2, 0.25) is 0 Å². The van der Waals surface area contributed by atoms with E-state index in [1.54, 1.807) is 14.2 Å². The quantitative estimate of drug-likeness (QED) is 0.769. The van der Waals surface area contributed by atoms with Crippen molar-refractivity contribution >= 4 is 11.6 Å². The van der Waals surface area contributed by atoms with Crippen LogP contribution in [0.1, 0.15) is 15.9 Å². The number of hydrogen-bond donors (Lipinski definition) is 0. The summed E-state index contributed by atoms with van der Waals surface area (Å²) in [6.45, 7) is 6.23. The molecule has 2 aliphatic heterocycles. The number of carbonyl (C=O) groups is 1. The molecule has 2 aliphatic rings.